The van der Waals surface area contributed by atoms with Gasteiger partial charge in [0.05, 0.1) is 11.2 Å². The summed E-state index contributed by atoms with van der Waals surface area (Å²) in [5.41, 5.74) is -0.832. The van der Waals surface area contributed by atoms with Crippen LogP contribution in [-0.4, -0.2) is 34.0 Å². The van der Waals surface area contributed by atoms with Crippen LogP contribution in [0.1, 0.15) is 30.4 Å². The number of carbonyl (C=O) groups excluding carboxylic acids is 1. The van der Waals surface area contributed by atoms with Gasteiger partial charge in [-0.1, -0.05) is 6.07 Å². The second kappa shape index (κ2) is 7.27. The van der Waals surface area contributed by atoms with Crippen LogP contribution in [0, 0.1) is 11.6 Å². The molecule has 0 spiro atoms. The summed E-state index contributed by atoms with van der Waals surface area (Å²) in [5.74, 6) is -1.52. The molecular weight excluding hydrogens is 326 g/mol. The molecule has 1 aliphatic heterocycles. The lowest BCUT2D eigenvalue weighted by molar-refractivity contribution is -0.135. The molecule has 25 heavy (non-hydrogen) atoms. The van der Waals surface area contributed by atoms with E-state index in [0.717, 1.165) is 17.7 Å². The van der Waals surface area contributed by atoms with Gasteiger partial charge in [-0.3, -0.25) is 9.78 Å². The van der Waals surface area contributed by atoms with Crippen LogP contribution in [0.15, 0.2) is 42.7 Å². The molecule has 2 aromatic rings. The van der Waals surface area contributed by atoms with Crippen LogP contribution in [0.25, 0.3) is 0 Å². The molecule has 0 bridgehead atoms. The molecular formula is C19H20F2N2O2. The lowest BCUT2D eigenvalue weighted by atomic mass is 9.83. The molecule has 132 valence electrons. The largest absolute Gasteiger partial charge is 0.385 e. The number of rotatable bonds is 4. The molecule has 1 fully saturated rings. The minimum Gasteiger partial charge on any atom is -0.385 e. The summed E-state index contributed by atoms with van der Waals surface area (Å²) in [4.78, 5) is 17.9. The fourth-order valence-corrected chi connectivity index (χ4v) is 3.28. The zero-order valence-corrected chi connectivity index (χ0v) is 13.8. The maximum Gasteiger partial charge on any atom is 0.222 e. The van der Waals surface area contributed by atoms with Crippen molar-refractivity contribution in [3.05, 3.63) is 65.5 Å². The molecule has 0 saturated carbocycles. The summed E-state index contributed by atoms with van der Waals surface area (Å²) in [6.45, 7) is 0.554. The van der Waals surface area contributed by atoms with Gasteiger partial charge in [0.2, 0.25) is 5.91 Å². The Morgan fingerprint density at radius 3 is 2.32 bits per heavy atom. The maximum absolute atomic E-state index is 14.0. The van der Waals surface area contributed by atoms with Crippen molar-refractivity contribution in [2.24, 2.45) is 0 Å². The van der Waals surface area contributed by atoms with Gasteiger partial charge in [-0.15, -0.1) is 0 Å². The Kier molecular flexibility index (Phi) is 5.08. The van der Waals surface area contributed by atoms with Crippen LogP contribution < -0.4 is 0 Å². The molecule has 1 aliphatic rings. The Morgan fingerprint density at radius 2 is 1.72 bits per heavy atom. The van der Waals surface area contributed by atoms with E-state index in [1.165, 1.54) is 6.07 Å². The van der Waals surface area contributed by atoms with E-state index in [1.807, 2.05) is 12.1 Å². The number of halogens is 2. The smallest absolute Gasteiger partial charge is 0.222 e. The van der Waals surface area contributed by atoms with Gasteiger partial charge < -0.3 is 10.0 Å². The van der Waals surface area contributed by atoms with Gasteiger partial charge in [-0.2, -0.15) is 0 Å². The molecule has 4 nitrogen and oxygen atoms in total. The summed E-state index contributed by atoms with van der Waals surface area (Å²) >= 11 is 0. The minimum absolute atomic E-state index is 0.0205. The quantitative estimate of drug-likeness (QED) is 0.926. The van der Waals surface area contributed by atoms with Gasteiger partial charge in [-0.25, -0.2) is 8.78 Å². The number of carbonyl (C=O) groups is 1. The topological polar surface area (TPSA) is 53.4 Å². The molecule has 0 radical (unpaired) electrons. The summed E-state index contributed by atoms with van der Waals surface area (Å²) in [5, 5.41) is 10.7. The molecule has 0 atom stereocenters. The van der Waals surface area contributed by atoms with Crippen molar-refractivity contribution in [2.45, 2.75) is 31.3 Å². The highest BCUT2D eigenvalue weighted by molar-refractivity contribution is 5.76. The SMILES string of the molecule is O=C(CCc1ccncc1)N1CCC(O)(c2c(F)cccc2F)CC1. The molecule has 0 unspecified atom stereocenters. The summed E-state index contributed by atoms with van der Waals surface area (Å²) < 4.78 is 27.9. The van der Waals surface area contributed by atoms with Crippen molar-refractivity contribution in [1.82, 2.24) is 9.88 Å². The Hall–Kier alpha value is -2.34. The zero-order valence-electron chi connectivity index (χ0n) is 13.8. The number of aromatic nitrogens is 1. The van der Waals surface area contributed by atoms with Crippen LogP contribution in [0.3, 0.4) is 0 Å². The van der Waals surface area contributed by atoms with E-state index in [9.17, 15) is 18.7 Å². The van der Waals surface area contributed by atoms with Crippen LogP contribution in [0.4, 0.5) is 8.78 Å². The maximum atomic E-state index is 14.0. The number of hydrogen-bond acceptors (Lipinski definition) is 3. The van der Waals surface area contributed by atoms with Crippen molar-refractivity contribution >= 4 is 5.91 Å². The number of amides is 1. The van der Waals surface area contributed by atoms with Gasteiger partial charge in [0.15, 0.2) is 0 Å². The van der Waals surface area contributed by atoms with Gasteiger partial charge in [-0.05, 0) is 49.1 Å². The zero-order chi connectivity index (χ0) is 17.9. The fourth-order valence-electron chi connectivity index (χ4n) is 3.28. The number of hydrogen-bond donors (Lipinski definition) is 1. The molecule has 1 N–H and O–H groups in total. The lowest BCUT2D eigenvalue weighted by Gasteiger charge is -2.38. The monoisotopic (exact) mass is 346 g/mol. The van der Waals surface area contributed by atoms with Gasteiger partial charge in [0.25, 0.3) is 0 Å². The molecule has 3 rings (SSSR count). The standard InChI is InChI=1S/C19H20F2N2O2/c20-15-2-1-3-16(21)18(15)19(25)8-12-23(13-9-19)17(24)5-4-14-6-10-22-11-7-14/h1-3,6-7,10-11,25H,4-5,8-9,12-13H2. The molecule has 2 heterocycles. The number of aryl methyl sites for hydroxylation is 1. The summed E-state index contributed by atoms with van der Waals surface area (Å²) in [6.07, 6.45) is 4.58. The third-order valence-corrected chi connectivity index (χ3v) is 4.75. The number of pyridine rings is 1. The van der Waals surface area contributed by atoms with Crippen LogP contribution in [0.5, 0.6) is 0 Å². The Balaban J connectivity index is 1.60. The predicted molar refractivity (Wildman–Crippen MR) is 88.6 cm³/mol. The molecule has 1 saturated heterocycles. The lowest BCUT2D eigenvalue weighted by Crippen LogP contribution is -2.46. The van der Waals surface area contributed by atoms with Crippen LogP contribution in [-0.2, 0) is 16.8 Å². The first-order valence-corrected chi connectivity index (χ1v) is 8.33. The number of benzene rings is 1. The Labute approximate surface area is 145 Å². The average Bonchev–Trinajstić information content (AvgIpc) is 2.61. The van der Waals surface area contributed by atoms with E-state index in [2.05, 4.69) is 4.98 Å². The van der Waals surface area contributed by atoms with Crippen molar-refractivity contribution in [3.8, 4) is 0 Å². The molecule has 6 heteroatoms. The number of nitrogens with zero attached hydrogens (tertiary/aromatic N) is 2. The molecule has 1 amide bonds. The highest BCUT2D eigenvalue weighted by Crippen LogP contribution is 2.36. The van der Waals surface area contributed by atoms with Gasteiger partial charge in [0, 0.05) is 31.9 Å². The van der Waals surface area contributed by atoms with E-state index >= 15 is 0 Å². The molecule has 1 aromatic carbocycles. The van der Waals surface area contributed by atoms with E-state index in [-0.39, 0.29) is 37.4 Å². The van der Waals surface area contributed by atoms with Crippen LogP contribution >= 0.6 is 0 Å². The molecule has 0 aliphatic carbocycles. The van der Waals surface area contributed by atoms with Crippen molar-refractivity contribution < 1.29 is 18.7 Å². The highest BCUT2D eigenvalue weighted by atomic mass is 19.1. The number of piperidine rings is 1. The number of aliphatic hydroxyl groups is 1. The average molecular weight is 346 g/mol. The van der Waals surface area contributed by atoms with E-state index in [0.29, 0.717) is 12.8 Å². The fraction of sp³-hybridized carbons (Fsp3) is 0.368. The first-order chi connectivity index (χ1) is 12.0. The normalized spacial score (nSPS) is 16.7. The third kappa shape index (κ3) is 3.85. The summed E-state index contributed by atoms with van der Waals surface area (Å²) in [7, 11) is 0. The van der Waals surface area contributed by atoms with Gasteiger partial charge >= 0.3 is 0 Å². The van der Waals surface area contributed by atoms with E-state index < -0.39 is 17.2 Å². The van der Waals surface area contributed by atoms with E-state index in [4.69, 9.17) is 0 Å². The van der Waals surface area contributed by atoms with Crippen molar-refractivity contribution in [3.63, 3.8) is 0 Å². The van der Waals surface area contributed by atoms with Crippen LogP contribution in [0.2, 0.25) is 0 Å². The second-order valence-electron chi connectivity index (χ2n) is 6.36. The predicted octanol–water partition coefficient (Wildman–Crippen LogP) is 2.80. The van der Waals surface area contributed by atoms with E-state index in [1.54, 1.807) is 17.3 Å². The van der Waals surface area contributed by atoms with Crippen molar-refractivity contribution in [2.75, 3.05) is 13.1 Å². The van der Waals surface area contributed by atoms with Gasteiger partial charge in [0.1, 0.15) is 11.6 Å². The Bertz CT molecular complexity index is 724. The minimum atomic E-state index is -1.57. The first-order valence-electron chi connectivity index (χ1n) is 8.33. The first kappa shape index (κ1) is 17.5. The Morgan fingerprint density at radius 1 is 1.12 bits per heavy atom. The van der Waals surface area contributed by atoms with Crippen molar-refractivity contribution in [1.29, 1.82) is 0 Å². The number of likely N-dealkylation sites (tertiary alicyclic amines) is 1. The third-order valence-electron chi connectivity index (χ3n) is 4.75. The summed E-state index contributed by atoms with van der Waals surface area (Å²) in [6, 6.07) is 7.28. The molecule has 1 aromatic heterocycles. The highest BCUT2D eigenvalue weighted by Gasteiger charge is 2.39. The second-order valence-corrected chi connectivity index (χ2v) is 6.36.